The molecule has 0 amide bonds. The number of nitrogens with zero attached hydrogens (tertiary/aromatic N) is 4. The monoisotopic (exact) mass is 450 g/mol. The highest BCUT2D eigenvalue weighted by Gasteiger charge is 2.21. The number of aromatic nitrogens is 2. The first-order valence-corrected chi connectivity index (χ1v) is 11.1. The Labute approximate surface area is 193 Å². The van der Waals surface area contributed by atoms with Crippen LogP contribution in [0, 0.1) is 0 Å². The molecule has 0 radical (unpaired) electrons. The van der Waals surface area contributed by atoms with Gasteiger partial charge in [-0.15, -0.1) is 0 Å². The van der Waals surface area contributed by atoms with Crippen molar-refractivity contribution in [1.29, 1.82) is 0 Å². The van der Waals surface area contributed by atoms with E-state index in [2.05, 4.69) is 34.0 Å². The molecule has 0 atom stereocenters. The van der Waals surface area contributed by atoms with Crippen molar-refractivity contribution in [2.75, 3.05) is 40.3 Å². The van der Waals surface area contributed by atoms with E-state index in [4.69, 9.17) is 4.74 Å². The zero-order valence-electron chi connectivity index (χ0n) is 19.3. The number of hydrogen-bond acceptors (Lipinski definition) is 7. The lowest BCUT2D eigenvalue weighted by atomic mass is 10.1. The number of esters is 1. The lowest BCUT2D eigenvalue weighted by Crippen LogP contribution is -2.43. The van der Waals surface area contributed by atoms with Gasteiger partial charge in [-0.3, -0.25) is 9.47 Å². The van der Waals surface area contributed by atoms with E-state index in [-0.39, 0.29) is 17.2 Å². The van der Waals surface area contributed by atoms with Crippen molar-refractivity contribution >= 4 is 5.97 Å². The van der Waals surface area contributed by atoms with Crippen molar-refractivity contribution in [2.24, 2.45) is 0 Å². The maximum absolute atomic E-state index is 12.2. The van der Waals surface area contributed by atoms with Crippen molar-refractivity contribution in [1.82, 2.24) is 19.4 Å². The summed E-state index contributed by atoms with van der Waals surface area (Å²) in [6.07, 6.45) is 2.19. The van der Waals surface area contributed by atoms with E-state index in [1.165, 1.54) is 18.7 Å². The second-order valence-corrected chi connectivity index (χ2v) is 8.41. The largest absolute Gasteiger partial charge is 0.508 e. The molecule has 0 unspecified atom stereocenters. The minimum atomic E-state index is -0.560. The summed E-state index contributed by atoms with van der Waals surface area (Å²) >= 11 is 0. The summed E-state index contributed by atoms with van der Waals surface area (Å²) in [6.45, 7) is 7.04. The molecule has 2 N–H and O–H groups in total. The number of ether oxygens (including phenoxy) is 1. The molecule has 0 bridgehead atoms. The fourth-order valence-electron chi connectivity index (χ4n) is 4.08. The van der Waals surface area contributed by atoms with Gasteiger partial charge >= 0.3 is 5.97 Å². The highest BCUT2D eigenvalue weighted by atomic mass is 16.5. The van der Waals surface area contributed by atoms with Crippen LogP contribution in [0.4, 0.5) is 0 Å². The van der Waals surface area contributed by atoms with Crippen LogP contribution in [0.1, 0.15) is 28.5 Å². The molecule has 1 saturated heterocycles. The number of carbonyl (C=O) groups excluding carboxylic acids is 1. The molecule has 0 aliphatic carbocycles. The van der Waals surface area contributed by atoms with Crippen LogP contribution in [0.5, 0.6) is 11.5 Å². The maximum Gasteiger partial charge on any atom is 0.358 e. The summed E-state index contributed by atoms with van der Waals surface area (Å²) in [5.74, 6) is -0.247. The molecule has 3 aromatic rings. The summed E-state index contributed by atoms with van der Waals surface area (Å²) in [6, 6.07) is 11.1. The van der Waals surface area contributed by atoms with Crippen LogP contribution in [-0.2, 0) is 17.7 Å². The van der Waals surface area contributed by atoms with Gasteiger partial charge in [-0.25, -0.2) is 9.78 Å². The van der Waals surface area contributed by atoms with Gasteiger partial charge in [0.2, 0.25) is 0 Å². The highest BCUT2D eigenvalue weighted by Crippen LogP contribution is 2.36. The van der Waals surface area contributed by atoms with E-state index < -0.39 is 5.97 Å². The first-order chi connectivity index (χ1) is 15.9. The smallest absolute Gasteiger partial charge is 0.358 e. The summed E-state index contributed by atoms with van der Waals surface area (Å²) in [5.41, 5.74) is 3.26. The van der Waals surface area contributed by atoms with Crippen LogP contribution >= 0.6 is 0 Å². The van der Waals surface area contributed by atoms with E-state index in [9.17, 15) is 15.0 Å². The van der Waals surface area contributed by atoms with E-state index in [0.29, 0.717) is 23.4 Å². The van der Waals surface area contributed by atoms with Crippen LogP contribution in [0.25, 0.3) is 17.1 Å². The van der Waals surface area contributed by atoms with Gasteiger partial charge in [-0.05, 0) is 42.8 Å². The number of likely N-dealkylation sites (N-methyl/N-ethyl adjacent to an activating group) is 1. The summed E-state index contributed by atoms with van der Waals surface area (Å²) in [7, 11) is 3.45. The van der Waals surface area contributed by atoms with Gasteiger partial charge in [0.15, 0.2) is 5.69 Å². The second kappa shape index (κ2) is 9.64. The Morgan fingerprint density at radius 2 is 1.76 bits per heavy atom. The molecule has 8 heteroatoms. The molecule has 1 aliphatic heterocycles. The lowest BCUT2D eigenvalue weighted by Gasteiger charge is -2.32. The van der Waals surface area contributed by atoms with Gasteiger partial charge < -0.3 is 19.8 Å². The van der Waals surface area contributed by atoms with Crippen LogP contribution < -0.4 is 0 Å². The van der Waals surface area contributed by atoms with E-state index >= 15 is 0 Å². The molecule has 1 aromatic heterocycles. The van der Waals surface area contributed by atoms with Crippen LogP contribution in [0.15, 0.2) is 42.6 Å². The topological polar surface area (TPSA) is 91.1 Å². The summed E-state index contributed by atoms with van der Waals surface area (Å²) < 4.78 is 6.62. The first-order valence-electron chi connectivity index (χ1n) is 11.1. The number of rotatable bonds is 6. The van der Waals surface area contributed by atoms with E-state index in [0.717, 1.165) is 38.4 Å². The third kappa shape index (κ3) is 4.86. The molecule has 4 rings (SSSR count). The molecule has 0 saturated carbocycles. The number of imidazole rings is 1. The molecule has 2 aromatic carbocycles. The number of phenolic OH excluding ortho intramolecular Hbond substituents is 2. The van der Waals surface area contributed by atoms with Crippen LogP contribution in [-0.4, -0.2) is 75.9 Å². The van der Waals surface area contributed by atoms with Crippen LogP contribution in [0.2, 0.25) is 0 Å². The number of methoxy groups -OCH3 is 1. The number of carbonyl (C=O) groups is 1. The van der Waals surface area contributed by atoms with Gasteiger partial charge in [0.05, 0.1) is 12.7 Å². The van der Waals surface area contributed by atoms with Gasteiger partial charge in [0.1, 0.15) is 17.3 Å². The summed E-state index contributed by atoms with van der Waals surface area (Å²) in [5, 5.41) is 20.6. The quantitative estimate of drug-likeness (QED) is 0.558. The Balaban J connectivity index is 1.69. The SMILES string of the molecule is CCc1cc(-c2nc(C(=O)OC)cn2-c2ccc(CN3CCN(C)CC3)cc2)c(O)cc1O. The van der Waals surface area contributed by atoms with E-state index in [1.807, 2.05) is 19.1 Å². The maximum atomic E-state index is 12.2. The average molecular weight is 451 g/mol. The first kappa shape index (κ1) is 22.8. The second-order valence-electron chi connectivity index (χ2n) is 8.41. The third-order valence-corrected chi connectivity index (χ3v) is 6.14. The normalized spacial score (nSPS) is 15.0. The predicted molar refractivity (Wildman–Crippen MR) is 126 cm³/mol. The fourth-order valence-corrected chi connectivity index (χ4v) is 4.08. The minimum Gasteiger partial charge on any atom is -0.508 e. The molecule has 33 heavy (non-hydrogen) atoms. The minimum absolute atomic E-state index is 0.0262. The van der Waals surface area contributed by atoms with Crippen molar-refractivity contribution in [3.63, 3.8) is 0 Å². The van der Waals surface area contributed by atoms with E-state index in [1.54, 1.807) is 16.8 Å². The molecule has 174 valence electrons. The summed E-state index contributed by atoms with van der Waals surface area (Å²) in [4.78, 5) is 21.4. The van der Waals surface area contributed by atoms with Crippen molar-refractivity contribution in [3.8, 4) is 28.6 Å². The van der Waals surface area contributed by atoms with Crippen molar-refractivity contribution in [2.45, 2.75) is 19.9 Å². The Bertz CT molecular complexity index is 1130. The van der Waals surface area contributed by atoms with Crippen molar-refractivity contribution in [3.05, 3.63) is 59.4 Å². The molecule has 1 aliphatic rings. The fraction of sp³-hybridized carbons (Fsp3) is 0.360. The number of hydrogen-bond donors (Lipinski definition) is 2. The van der Waals surface area contributed by atoms with Gasteiger partial charge in [-0.2, -0.15) is 0 Å². The van der Waals surface area contributed by atoms with Crippen molar-refractivity contribution < 1.29 is 19.7 Å². The molecule has 8 nitrogen and oxygen atoms in total. The lowest BCUT2D eigenvalue weighted by molar-refractivity contribution is 0.0594. The number of aromatic hydroxyl groups is 2. The molecular formula is C25H30N4O4. The number of aryl methyl sites for hydroxylation is 1. The molecule has 0 spiro atoms. The molecule has 2 heterocycles. The van der Waals surface area contributed by atoms with Gasteiger partial charge in [-0.1, -0.05) is 19.1 Å². The number of phenols is 2. The predicted octanol–water partition coefficient (Wildman–Crippen LogP) is 3.05. The number of piperazine rings is 1. The Morgan fingerprint density at radius 3 is 2.39 bits per heavy atom. The van der Waals surface area contributed by atoms with Gasteiger partial charge in [0.25, 0.3) is 0 Å². The van der Waals surface area contributed by atoms with Gasteiger partial charge in [0, 0.05) is 50.7 Å². The zero-order valence-corrected chi connectivity index (χ0v) is 19.3. The Kier molecular flexibility index (Phi) is 6.67. The highest BCUT2D eigenvalue weighted by molar-refractivity contribution is 5.88. The average Bonchev–Trinajstić information content (AvgIpc) is 3.26. The standard InChI is InChI=1S/C25H30N4O4/c1-4-18-13-20(23(31)14-22(18)30)24-26-21(25(32)33-3)16-29(24)19-7-5-17(6-8-19)15-28-11-9-27(2)10-12-28/h5-8,13-14,16,30-31H,4,9-12,15H2,1-3H3. The molecule has 1 fully saturated rings. The number of benzene rings is 2. The third-order valence-electron chi connectivity index (χ3n) is 6.14. The Morgan fingerprint density at radius 1 is 1.06 bits per heavy atom. The molecular weight excluding hydrogens is 420 g/mol. The van der Waals surface area contributed by atoms with Crippen LogP contribution in [0.3, 0.4) is 0 Å². The Hall–Kier alpha value is -3.36. The zero-order chi connectivity index (χ0) is 23.5.